The molecule has 0 aromatic carbocycles. The van der Waals surface area contributed by atoms with Crippen molar-refractivity contribution in [2.75, 3.05) is 0 Å². The number of Topliss-reactive ketones (excluding diaryl/α,β-unsaturated/α-hetero) is 1. The zero-order valence-electron chi connectivity index (χ0n) is 14.9. The Bertz CT molecular complexity index is 1090. The number of amides is 1. The minimum absolute atomic E-state index is 0.0213. The van der Waals surface area contributed by atoms with E-state index in [4.69, 9.17) is 0 Å². The molecule has 0 saturated carbocycles. The molecule has 0 radical (unpaired) electrons. The summed E-state index contributed by atoms with van der Waals surface area (Å²) < 4.78 is 1.42. The number of nitrogens with one attached hydrogen (secondary N) is 1. The average molecular weight is 402 g/mol. The van der Waals surface area contributed by atoms with Crippen LogP contribution in [0.3, 0.4) is 0 Å². The molecule has 6 nitrogen and oxygen atoms in total. The highest BCUT2D eigenvalue weighted by atomic mass is 32.1. The standard InChI is InChI=1S/C19H19N3O3S2/c1-11(23)20-8-12-6-7-16(26-12)14(24)9-22-10-21-18-17(19(22)25)13-4-2-3-5-15(13)27-18/h6-7,10H,2-5,8-9H2,1H3,(H,20,23). The van der Waals surface area contributed by atoms with Crippen molar-refractivity contribution in [1.82, 2.24) is 14.9 Å². The third-order valence-corrected chi connectivity index (χ3v) is 7.03. The molecule has 0 saturated heterocycles. The number of aromatic nitrogens is 2. The topological polar surface area (TPSA) is 81.1 Å². The summed E-state index contributed by atoms with van der Waals surface area (Å²) >= 11 is 2.95. The van der Waals surface area contributed by atoms with Gasteiger partial charge in [-0.05, 0) is 43.4 Å². The smallest absolute Gasteiger partial charge is 0.262 e. The molecule has 27 heavy (non-hydrogen) atoms. The Balaban J connectivity index is 1.58. The van der Waals surface area contributed by atoms with Crippen LogP contribution in [-0.4, -0.2) is 21.2 Å². The molecular formula is C19H19N3O3S2. The fraction of sp³-hybridized carbons (Fsp3) is 0.368. The molecule has 1 amide bonds. The number of hydrogen-bond donors (Lipinski definition) is 1. The lowest BCUT2D eigenvalue weighted by atomic mass is 9.97. The van der Waals surface area contributed by atoms with Gasteiger partial charge in [0.05, 0.1) is 29.7 Å². The minimum atomic E-state index is -0.124. The van der Waals surface area contributed by atoms with Gasteiger partial charge >= 0.3 is 0 Å². The summed E-state index contributed by atoms with van der Waals surface area (Å²) in [6, 6.07) is 3.57. The summed E-state index contributed by atoms with van der Waals surface area (Å²) in [4.78, 5) is 44.5. The lowest BCUT2D eigenvalue weighted by Gasteiger charge is -2.10. The van der Waals surface area contributed by atoms with Crippen LogP contribution in [0, 0.1) is 0 Å². The minimum Gasteiger partial charge on any atom is -0.351 e. The monoisotopic (exact) mass is 401 g/mol. The quantitative estimate of drug-likeness (QED) is 0.667. The fourth-order valence-corrected chi connectivity index (χ4v) is 5.46. The largest absolute Gasteiger partial charge is 0.351 e. The van der Waals surface area contributed by atoms with Crippen LogP contribution < -0.4 is 10.9 Å². The second-order valence-corrected chi connectivity index (χ2v) is 8.92. The molecule has 1 N–H and O–H groups in total. The lowest BCUT2D eigenvalue weighted by Crippen LogP contribution is -2.24. The Hall–Kier alpha value is -2.32. The van der Waals surface area contributed by atoms with Crippen molar-refractivity contribution in [3.05, 3.63) is 49.0 Å². The first-order valence-electron chi connectivity index (χ1n) is 8.89. The Morgan fingerprint density at radius 1 is 1.22 bits per heavy atom. The van der Waals surface area contributed by atoms with Gasteiger partial charge in [0.1, 0.15) is 4.83 Å². The van der Waals surface area contributed by atoms with E-state index in [0.717, 1.165) is 41.0 Å². The maximum Gasteiger partial charge on any atom is 0.262 e. The molecule has 0 atom stereocenters. The van der Waals surface area contributed by atoms with E-state index < -0.39 is 0 Å². The van der Waals surface area contributed by atoms with Gasteiger partial charge in [0.25, 0.3) is 5.56 Å². The van der Waals surface area contributed by atoms with Gasteiger partial charge in [0.15, 0.2) is 5.78 Å². The van der Waals surface area contributed by atoms with Gasteiger partial charge in [0.2, 0.25) is 5.91 Å². The zero-order valence-corrected chi connectivity index (χ0v) is 16.5. The molecule has 0 fully saturated rings. The first kappa shape index (κ1) is 18.1. The molecule has 0 bridgehead atoms. The molecule has 3 aromatic rings. The molecule has 1 aliphatic rings. The summed E-state index contributed by atoms with van der Waals surface area (Å²) in [5, 5.41) is 3.41. The van der Waals surface area contributed by atoms with Gasteiger partial charge in [-0.2, -0.15) is 0 Å². The van der Waals surface area contributed by atoms with Crippen molar-refractivity contribution in [2.24, 2.45) is 0 Å². The average Bonchev–Trinajstić information content (AvgIpc) is 3.27. The van der Waals surface area contributed by atoms with E-state index >= 15 is 0 Å². The Morgan fingerprint density at radius 2 is 2.04 bits per heavy atom. The second kappa shape index (κ2) is 7.36. The first-order chi connectivity index (χ1) is 13.0. The Kier molecular flexibility index (Phi) is 4.92. The van der Waals surface area contributed by atoms with Crippen molar-refractivity contribution in [2.45, 2.75) is 45.7 Å². The van der Waals surface area contributed by atoms with E-state index in [9.17, 15) is 14.4 Å². The number of carbonyl (C=O) groups is 2. The highest BCUT2D eigenvalue weighted by Crippen LogP contribution is 2.33. The number of thiophene rings is 2. The summed E-state index contributed by atoms with van der Waals surface area (Å²) in [6.45, 7) is 1.84. The zero-order chi connectivity index (χ0) is 19.0. The van der Waals surface area contributed by atoms with Crippen LogP contribution >= 0.6 is 22.7 Å². The number of hydrogen-bond acceptors (Lipinski definition) is 6. The summed E-state index contributed by atoms with van der Waals surface area (Å²) in [5.74, 6) is -0.234. The maximum absolute atomic E-state index is 12.9. The third kappa shape index (κ3) is 3.59. The molecule has 8 heteroatoms. The molecule has 4 rings (SSSR count). The van der Waals surface area contributed by atoms with E-state index in [-0.39, 0.29) is 23.8 Å². The molecule has 0 unspecified atom stereocenters. The second-order valence-electron chi connectivity index (χ2n) is 6.67. The molecular weight excluding hydrogens is 382 g/mol. The maximum atomic E-state index is 12.9. The van der Waals surface area contributed by atoms with Crippen LogP contribution in [0.2, 0.25) is 0 Å². The van der Waals surface area contributed by atoms with Crippen molar-refractivity contribution < 1.29 is 9.59 Å². The normalized spacial score (nSPS) is 13.5. The predicted octanol–water partition coefficient (Wildman–Crippen LogP) is 2.92. The third-order valence-electron chi connectivity index (χ3n) is 4.70. The van der Waals surface area contributed by atoms with Crippen molar-refractivity contribution >= 4 is 44.6 Å². The SMILES string of the molecule is CC(=O)NCc1ccc(C(=O)Cn2cnc3sc4c(c3c2=O)CCCC4)s1. The summed E-state index contributed by atoms with van der Waals surface area (Å²) in [6.07, 6.45) is 5.67. The number of nitrogens with zero attached hydrogens (tertiary/aromatic N) is 2. The molecule has 0 aliphatic heterocycles. The summed E-state index contributed by atoms with van der Waals surface area (Å²) in [7, 11) is 0. The molecule has 3 heterocycles. The van der Waals surface area contributed by atoms with E-state index in [1.54, 1.807) is 17.4 Å². The Labute approximate surface area is 163 Å². The fourth-order valence-electron chi connectivity index (χ4n) is 3.36. The summed E-state index contributed by atoms with van der Waals surface area (Å²) in [5.41, 5.74) is 1.01. The van der Waals surface area contributed by atoms with Gasteiger partial charge in [-0.25, -0.2) is 4.98 Å². The van der Waals surface area contributed by atoms with Gasteiger partial charge in [-0.3, -0.25) is 19.0 Å². The van der Waals surface area contributed by atoms with Gasteiger partial charge in [-0.1, -0.05) is 0 Å². The van der Waals surface area contributed by atoms with Crippen molar-refractivity contribution in [1.29, 1.82) is 0 Å². The Morgan fingerprint density at radius 3 is 2.85 bits per heavy atom. The molecule has 1 aliphatic carbocycles. The highest BCUT2D eigenvalue weighted by Gasteiger charge is 2.21. The van der Waals surface area contributed by atoms with Crippen LogP contribution in [-0.2, 0) is 30.7 Å². The first-order valence-corrected chi connectivity index (χ1v) is 10.5. The van der Waals surface area contributed by atoms with Gasteiger partial charge in [0, 0.05) is 16.7 Å². The lowest BCUT2D eigenvalue weighted by molar-refractivity contribution is -0.119. The number of aryl methyl sites for hydroxylation is 2. The van der Waals surface area contributed by atoms with E-state index in [1.807, 2.05) is 6.07 Å². The van der Waals surface area contributed by atoms with Gasteiger partial charge in [-0.15, -0.1) is 22.7 Å². The van der Waals surface area contributed by atoms with Crippen LogP contribution in [0.1, 0.15) is 44.8 Å². The molecule has 140 valence electrons. The van der Waals surface area contributed by atoms with E-state index in [1.165, 1.54) is 34.0 Å². The van der Waals surface area contributed by atoms with Crippen LogP contribution in [0.5, 0.6) is 0 Å². The predicted molar refractivity (Wildman–Crippen MR) is 107 cm³/mol. The van der Waals surface area contributed by atoms with Crippen LogP contribution in [0.4, 0.5) is 0 Å². The van der Waals surface area contributed by atoms with E-state index in [2.05, 4.69) is 10.3 Å². The van der Waals surface area contributed by atoms with Crippen LogP contribution in [0.25, 0.3) is 10.2 Å². The van der Waals surface area contributed by atoms with Gasteiger partial charge < -0.3 is 5.32 Å². The number of rotatable bonds is 5. The molecule has 0 spiro atoms. The molecule has 3 aromatic heterocycles. The highest BCUT2D eigenvalue weighted by molar-refractivity contribution is 7.18. The number of fused-ring (bicyclic) bond motifs is 3. The van der Waals surface area contributed by atoms with E-state index in [0.29, 0.717) is 16.8 Å². The van der Waals surface area contributed by atoms with Crippen molar-refractivity contribution in [3.63, 3.8) is 0 Å². The number of ketones is 1. The van der Waals surface area contributed by atoms with Crippen LogP contribution in [0.15, 0.2) is 23.3 Å². The van der Waals surface area contributed by atoms with Crippen molar-refractivity contribution in [3.8, 4) is 0 Å². The number of carbonyl (C=O) groups excluding carboxylic acids is 2.